The molecule has 0 saturated carbocycles. The SMILES string of the molecule is CCC1Cc2cc(-c3ccc(C(=O)N4CCCCC4)cn3)cc(Cl)c2O1.CCC1Cc2cc(B3OC(C)(C)C(C)(C)O3)cc(Cl)c2O1.ClCCl.NCC1Cc2cc(-c3ccc(C(=O)N4CCCCC4)cn3)cc(Cl)c2O1.Nc1ccc(/C=C/C(=O)NCC2Cc3cc(-c4ccc(C(=O)N5CCCCC5)cn4)cc(Cl)c3O2)cn1.Nc1ccc(/C=C/C(=O)O)cn1.O=C(c1ccc(Br)nc1)N1CCCCC1. The number of benzene rings is 4. The van der Waals surface area contributed by atoms with Gasteiger partial charge < -0.3 is 75.5 Å². The maximum absolute atomic E-state index is 12.7. The first-order chi connectivity index (χ1) is 67.4. The van der Waals surface area contributed by atoms with E-state index in [1.807, 2.05) is 98.5 Å². The smallest absolute Gasteiger partial charge is 0.488 e. The lowest BCUT2D eigenvalue weighted by Crippen LogP contribution is -2.41. The molecule has 15 heterocycles. The number of hydrogen-bond donors (Lipinski definition) is 5. The number of alkyl halides is 2. The second-order valence-electron chi connectivity index (χ2n) is 36.2. The first-order valence-corrected chi connectivity index (χ1v) is 50.9. The molecular weight excluding hydrogens is 1970 g/mol. The fourth-order valence-corrected chi connectivity index (χ4v) is 18.5. The van der Waals surface area contributed by atoms with Crippen molar-refractivity contribution < 1.29 is 62.1 Å². The third-order valence-electron chi connectivity index (χ3n) is 25.6. The zero-order valence-corrected chi connectivity index (χ0v) is 85.5. The molecule has 19 rings (SSSR count). The number of carbonyl (C=O) groups excluding carboxylic acids is 5. The molecule has 9 aliphatic rings. The summed E-state index contributed by atoms with van der Waals surface area (Å²) in [4.78, 5) is 105. The van der Waals surface area contributed by atoms with E-state index in [-0.39, 0.29) is 77.6 Å². The van der Waals surface area contributed by atoms with E-state index >= 15 is 0 Å². The molecule has 10 aromatic rings. The van der Waals surface area contributed by atoms with Crippen molar-refractivity contribution in [2.75, 3.05) is 82.3 Å². The molecule has 9 aliphatic heterocycles. The Balaban J connectivity index is 0.000000145. The number of aliphatic carboxylic acids is 1. The number of pyridine rings is 6. The van der Waals surface area contributed by atoms with Gasteiger partial charge in [-0.05, 0) is 283 Å². The molecule has 5 fully saturated rings. The minimum atomic E-state index is -0.980. The Morgan fingerprint density at radius 3 is 1.09 bits per heavy atom. The van der Waals surface area contributed by atoms with Crippen molar-refractivity contribution in [2.24, 2.45) is 5.73 Å². The number of ether oxygens (including phenoxy) is 4. The molecule has 140 heavy (non-hydrogen) atoms. The van der Waals surface area contributed by atoms with Gasteiger partial charge in [-0.25, -0.2) is 19.7 Å². The molecule has 4 atom stereocenters. The van der Waals surface area contributed by atoms with Gasteiger partial charge in [-0.15, -0.1) is 23.2 Å². The monoisotopic (exact) mass is 2080 g/mol. The number of carboxylic acid groups (broad SMARTS) is 1. The fourth-order valence-electron chi connectivity index (χ4n) is 17.2. The number of fused-ring (bicyclic) bond motifs is 4. The summed E-state index contributed by atoms with van der Waals surface area (Å²) in [7, 11) is -0.376. The van der Waals surface area contributed by atoms with E-state index in [0.29, 0.717) is 84.8 Å². The van der Waals surface area contributed by atoms with E-state index in [0.717, 1.165) is 231 Å². The molecule has 5 saturated heterocycles. The van der Waals surface area contributed by atoms with Crippen molar-refractivity contribution in [3.05, 3.63) is 251 Å². The van der Waals surface area contributed by atoms with Gasteiger partial charge in [0.25, 0.3) is 23.6 Å². The van der Waals surface area contributed by atoms with E-state index in [4.69, 9.17) is 120 Å². The molecule has 8 N–H and O–H groups in total. The molecule has 27 nitrogen and oxygen atoms in total. The Bertz CT molecular complexity index is 5840. The normalized spacial score (nSPS) is 18.2. The van der Waals surface area contributed by atoms with Crippen LogP contribution in [0.1, 0.15) is 206 Å². The maximum atomic E-state index is 12.7. The molecule has 0 radical (unpaired) electrons. The van der Waals surface area contributed by atoms with Gasteiger partial charge in [-0.2, -0.15) is 0 Å². The van der Waals surface area contributed by atoms with Crippen LogP contribution < -0.4 is 46.9 Å². The molecule has 4 unspecified atom stereocenters. The van der Waals surface area contributed by atoms with Crippen LogP contribution in [0.15, 0.2) is 175 Å². The Hall–Kier alpha value is -11.0. The number of rotatable bonds is 17. The van der Waals surface area contributed by atoms with Crippen LogP contribution in [0.3, 0.4) is 0 Å². The summed E-state index contributed by atoms with van der Waals surface area (Å²) in [6, 6.07) is 37.3. The van der Waals surface area contributed by atoms with E-state index in [9.17, 15) is 28.8 Å². The third-order valence-corrected chi connectivity index (χ3v) is 27.2. The van der Waals surface area contributed by atoms with E-state index in [1.54, 1.807) is 67.4 Å². The standard InChI is InChI=1S/C28H28ClN5O3.C21H23ClN2O2.C20H22ClN3O2.C16H22BClO3.C11H13BrN2O.C8H8N2O2.CH2Cl2/c29-23-14-20(24-7-6-19(16-31-24)28(36)34-10-2-1-3-11-34)12-21-13-22(37-27(21)23)17-33-26(35)9-5-18-4-8-25(30)32-15-18;1-2-17-11-16-10-15(12-18(22)20(16)26-17)19-7-6-14(13-23-19)21(25)24-8-4-3-5-9-24;21-17-10-14(8-15-9-16(11-22)26-19(15)17)18-5-4-13(12-23-18)20(25)24-6-2-1-3-7-24;1-6-12-8-10-7-11(9-13(18)14(10)19-12)17-20-15(2,3)16(4,5)21-17;12-10-5-4-9(8-13-10)11(15)14-6-2-1-3-7-14;9-7-3-1-6(5-10-7)2-4-8(11)12;2-1-3/h4-9,12,14-16,22H,1-3,10-11,13,17H2,(H2,30,32)(H,33,35);6-7,10,12-13,17H,2-5,8-9,11H2,1H3;4-5,8,10,12,16H,1-3,6-7,9,11,22H2;7,9,12H,6,8H2,1-5H3;4-5,8H,1-3,6-7H2;1-5H,(H2,9,10)(H,11,12);1H2/b9-5+;;;;;4-2+;. The zero-order valence-electron chi connectivity index (χ0n) is 79.4. The van der Waals surface area contributed by atoms with Crippen LogP contribution in [0.4, 0.5) is 11.6 Å². The highest BCUT2D eigenvalue weighted by molar-refractivity contribution is 9.10. The van der Waals surface area contributed by atoms with Gasteiger partial charge in [0.2, 0.25) is 5.91 Å². The predicted octanol–water partition coefficient (Wildman–Crippen LogP) is 20.2. The lowest BCUT2D eigenvalue weighted by Gasteiger charge is -2.32. The predicted molar refractivity (Wildman–Crippen MR) is 557 cm³/mol. The molecule has 4 aromatic carbocycles. The topological polar surface area (TPSA) is 358 Å². The zero-order chi connectivity index (χ0) is 99.7. The average molecular weight is 2090 g/mol. The Kier molecular flexibility index (Phi) is 38.5. The first-order valence-electron chi connectivity index (χ1n) is 47.5. The number of likely N-dealkylation sites (tertiary alicyclic amines) is 4. The highest BCUT2D eigenvalue weighted by Crippen LogP contribution is 2.45. The van der Waals surface area contributed by atoms with Gasteiger partial charge in [-0.3, -0.25) is 38.9 Å². The van der Waals surface area contributed by atoms with E-state index < -0.39 is 5.97 Å². The van der Waals surface area contributed by atoms with Gasteiger partial charge in [0, 0.05) is 167 Å². The van der Waals surface area contributed by atoms with Crippen LogP contribution in [-0.2, 0) is 44.6 Å². The quantitative estimate of drug-likeness (QED) is 0.0245. The number of carboxylic acids is 1. The summed E-state index contributed by atoms with van der Waals surface area (Å²) in [5.74, 6) is 2.90. The number of aromatic nitrogens is 6. The summed E-state index contributed by atoms with van der Waals surface area (Å²) in [6.45, 7) is 20.0. The van der Waals surface area contributed by atoms with Crippen molar-refractivity contribution in [1.82, 2.24) is 54.8 Å². The highest BCUT2D eigenvalue weighted by Gasteiger charge is 2.52. The van der Waals surface area contributed by atoms with Crippen LogP contribution in [0.25, 0.3) is 45.9 Å². The molecule has 0 bridgehead atoms. The summed E-state index contributed by atoms with van der Waals surface area (Å²) in [6.07, 6.45) is 34.1. The van der Waals surface area contributed by atoms with Crippen LogP contribution in [0, 0.1) is 0 Å². The van der Waals surface area contributed by atoms with Gasteiger partial charge >= 0.3 is 13.1 Å². The molecular formula is C105H118BBrCl6N14O13. The number of carbonyl (C=O) groups is 6. The number of amides is 5. The Morgan fingerprint density at radius 1 is 0.436 bits per heavy atom. The van der Waals surface area contributed by atoms with Crippen LogP contribution in [0.5, 0.6) is 23.0 Å². The summed E-state index contributed by atoms with van der Waals surface area (Å²) in [5.41, 5.74) is 30.3. The summed E-state index contributed by atoms with van der Waals surface area (Å²) in [5, 5.41) is 13.7. The van der Waals surface area contributed by atoms with E-state index in [2.05, 4.69) is 105 Å². The number of nitrogens with two attached hydrogens (primary N) is 3. The Morgan fingerprint density at radius 2 is 0.764 bits per heavy atom. The molecule has 35 heteroatoms. The van der Waals surface area contributed by atoms with Gasteiger partial charge in [0.15, 0.2) is 0 Å². The highest BCUT2D eigenvalue weighted by atomic mass is 79.9. The van der Waals surface area contributed by atoms with Gasteiger partial charge in [0.1, 0.15) is 63.7 Å². The second kappa shape index (κ2) is 50.6. The average Bonchev–Trinajstić information content (AvgIpc) is 1.62. The van der Waals surface area contributed by atoms with Gasteiger partial charge in [0.05, 0.1) is 82.5 Å². The lowest BCUT2D eigenvalue weighted by atomic mass is 9.78. The van der Waals surface area contributed by atoms with Crippen LogP contribution >= 0.6 is 85.5 Å². The number of hydrogen-bond acceptors (Lipinski definition) is 21. The lowest BCUT2D eigenvalue weighted by molar-refractivity contribution is -0.131. The van der Waals surface area contributed by atoms with Crippen molar-refractivity contribution in [3.8, 4) is 56.8 Å². The van der Waals surface area contributed by atoms with Crippen molar-refractivity contribution in [1.29, 1.82) is 0 Å². The molecule has 0 spiro atoms. The first kappa shape index (κ1) is 106. The molecule has 6 aromatic heterocycles. The largest absolute Gasteiger partial charge is 0.494 e. The second-order valence-corrected chi connectivity index (χ2v) is 39.5. The van der Waals surface area contributed by atoms with Gasteiger partial charge in [-0.1, -0.05) is 66.3 Å². The van der Waals surface area contributed by atoms with Crippen LogP contribution in [0.2, 0.25) is 20.1 Å². The number of piperidine rings is 4. The minimum absolute atomic E-state index is 0.0183. The number of nitrogen functional groups attached to an aromatic ring is 2. The molecule has 5 amide bonds. The van der Waals surface area contributed by atoms with E-state index in [1.165, 1.54) is 44.0 Å². The number of nitrogens with one attached hydrogen (secondary N) is 1. The van der Waals surface area contributed by atoms with Crippen LogP contribution in [-0.4, -0.2) is 204 Å². The number of halogens is 7. The number of anilines is 2. The van der Waals surface area contributed by atoms with Crippen molar-refractivity contribution >= 4 is 157 Å². The third kappa shape index (κ3) is 28.7. The van der Waals surface area contributed by atoms with Crippen molar-refractivity contribution in [3.63, 3.8) is 0 Å². The minimum Gasteiger partial charge on any atom is -0.488 e. The molecule has 0 aliphatic carbocycles. The fraction of sp³-hybridized carbons (Fsp3) is 0.390. The summed E-state index contributed by atoms with van der Waals surface area (Å²) >= 11 is 38.5. The summed E-state index contributed by atoms with van der Waals surface area (Å²) < 4.78 is 36.5. The van der Waals surface area contributed by atoms with Crippen molar-refractivity contribution in [2.45, 2.75) is 193 Å². The Labute approximate surface area is 856 Å². The maximum Gasteiger partial charge on any atom is 0.494 e. The molecule has 738 valence electrons. The number of nitrogens with zero attached hydrogens (tertiary/aromatic N) is 10.